The van der Waals surface area contributed by atoms with Crippen molar-refractivity contribution in [2.45, 2.75) is 6.92 Å². The van der Waals surface area contributed by atoms with Crippen LogP contribution in [0.25, 0.3) is 22.4 Å². The molecule has 3 N–H and O–H groups in total. The van der Waals surface area contributed by atoms with Crippen molar-refractivity contribution in [1.82, 2.24) is 4.98 Å². The Labute approximate surface area is 156 Å². The number of nitriles is 1. The highest BCUT2D eigenvalue weighted by molar-refractivity contribution is 6.30. The molecule has 0 spiro atoms. The molecule has 6 heteroatoms. The van der Waals surface area contributed by atoms with Crippen LogP contribution in [0.1, 0.15) is 11.1 Å². The standard InChI is InChI=1S/C20H16ClN3O2/c1-11-18(13-5-8-16(25)17(9-13)26-2)15(10-22)20(23)24-19(11)12-3-6-14(21)7-4-12/h3-9,25H,1-2H3,(H2,23,24). The van der Waals surface area contributed by atoms with E-state index in [1.165, 1.54) is 13.2 Å². The summed E-state index contributed by atoms with van der Waals surface area (Å²) in [6, 6.07) is 14.3. The molecule has 0 saturated heterocycles. The van der Waals surface area contributed by atoms with Gasteiger partial charge in [0.15, 0.2) is 11.5 Å². The average Bonchev–Trinajstić information content (AvgIpc) is 2.64. The first kappa shape index (κ1) is 17.6. The molecule has 0 fully saturated rings. The van der Waals surface area contributed by atoms with E-state index in [2.05, 4.69) is 11.1 Å². The Morgan fingerprint density at radius 3 is 2.42 bits per heavy atom. The van der Waals surface area contributed by atoms with E-state index in [1.54, 1.807) is 24.3 Å². The monoisotopic (exact) mass is 365 g/mol. The van der Waals surface area contributed by atoms with Gasteiger partial charge in [-0.3, -0.25) is 0 Å². The Balaban J connectivity index is 2.30. The van der Waals surface area contributed by atoms with E-state index in [1.807, 2.05) is 19.1 Å². The maximum Gasteiger partial charge on any atom is 0.161 e. The van der Waals surface area contributed by atoms with E-state index < -0.39 is 0 Å². The zero-order valence-corrected chi connectivity index (χ0v) is 15.0. The number of phenols is 1. The molecule has 0 aliphatic heterocycles. The van der Waals surface area contributed by atoms with Gasteiger partial charge in [0.2, 0.25) is 0 Å². The van der Waals surface area contributed by atoms with E-state index >= 15 is 0 Å². The number of nitrogen functional groups attached to an aromatic ring is 1. The molecule has 0 radical (unpaired) electrons. The van der Waals surface area contributed by atoms with E-state index in [4.69, 9.17) is 22.1 Å². The molecule has 0 amide bonds. The fourth-order valence-electron chi connectivity index (χ4n) is 2.89. The highest BCUT2D eigenvalue weighted by Gasteiger charge is 2.19. The predicted octanol–water partition coefficient (Wildman–Crippen LogP) is 4.55. The van der Waals surface area contributed by atoms with E-state index in [9.17, 15) is 10.4 Å². The smallest absolute Gasteiger partial charge is 0.161 e. The third kappa shape index (κ3) is 3.03. The fraction of sp³-hybridized carbons (Fsp3) is 0.100. The number of phenolic OH excluding ortho intramolecular Hbond substituents is 1. The Hall–Kier alpha value is -3.23. The second-order valence-corrected chi connectivity index (χ2v) is 6.16. The van der Waals surface area contributed by atoms with Crippen molar-refractivity contribution in [2.24, 2.45) is 0 Å². The molecular formula is C20H16ClN3O2. The third-order valence-corrected chi connectivity index (χ3v) is 4.42. The molecule has 1 aromatic heterocycles. The first-order chi connectivity index (χ1) is 12.5. The molecule has 0 unspecified atom stereocenters. The Bertz CT molecular complexity index is 1020. The summed E-state index contributed by atoms with van der Waals surface area (Å²) in [4.78, 5) is 4.42. The number of aromatic nitrogens is 1. The number of benzene rings is 2. The van der Waals surface area contributed by atoms with Crippen molar-refractivity contribution in [3.63, 3.8) is 0 Å². The Kier molecular flexibility index (Phi) is 4.70. The van der Waals surface area contributed by atoms with Gasteiger partial charge in [-0.25, -0.2) is 4.98 Å². The number of anilines is 1. The van der Waals surface area contributed by atoms with Crippen molar-refractivity contribution in [2.75, 3.05) is 12.8 Å². The van der Waals surface area contributed by atoms with Crippen LogP contribution in [0.4, 0.5) is 5.82 Å². The largest absolute Gasteiger partial charge is 0.504 e. The number of hydrogen-bond acceptors (Lipinski definition) is 5. The van der Waals surface area contributed by atoms with Crippen LogP contribution in [0, 0.1) is 18.3 Å². The fourth-order valence-corrected chi connectivity index (χ4v) is 3.02. The number of nitrogens with zero attached hydrogens (tertiary/aromatic N) is 2. The second-order valence-electron chi connectivity index (χ2n) is 5.73. The predicted molar refractivity (Wildman–Crippen MR) is 102 cm³/mol. The van der Waals surface area contributed by atoms with Crippen LogP contribution in [-0.2, 0) is 0 Å². The number of nitrogens with two attached hydrogens (primary N) is 1. The summed E-state index contributed by atoms with van der Waals surface area (Å²) >= 11 is 5.97. The maximum absolute atomic E-state index is 9.85. The van der Waals surface area contributed by atoms with Gasteiger partial charge in [-0.1, -0.05) is 29.8 Å². The first-order valence-corrected chi connectivity index (χ1v) is 8.17. The first-order valence-electron chi connectivity index (χ1n) is 7.79. The molecule has 3 rings (SSSR count). The van der Waals surface area contributed by atoms with Gasteiger partial charge in [0.25, 0.3) is 0 Å². The SMILES string of the molecule is COc1cc(-c2c(C)c(-c3ccc(Cl)cc3)nc(N)c2C#N)ccc1O. The van der Waals surface area contributed by atoms with Crippen LogP contribution in [0.2, 0.25) is 5.02 Å². The second kappa shape index (κ2) is 6.95. The lowest BCUT2D eigenvalue weighted by molar-refractivity contribution is 0.373. The number of ether oxygens (including phenoxy) is 1. The van der Waals surface area contributed by atoms with Crippen molar-refractivity contribution < 1.29 is 9.84 Å². The lowest BCUT2D eigenvalue weighted by atomic mass is 9.92. The molecule has 1 heterocycles. The molecule has 0 saturated carbocycles. The number of rotatable bonds is 3. The van der Waals surface area contributed by atoms with Gasteiger partial charge in [0, 0.05) is 16.1 Å². The third-order valence-electron chi connectivity index (χ3n) is 4.17. The summed E-state index contributed by atoms with van der Waals surface area (Å²) in [5.41, 5.74) is 10.0. The van der Waals surface area contributed by atoms with Gasteiger partial charge in [-0.05, 0) is 42.3 Å². The van der Waals surface area contributed by atoms with Crippen LogP contribution in [-0.4, -0.2) is 17.2 Å². The molecule has 3 aromatic rings. The summed E-state index contributed by atoms with van der Waals surface area (Å²) in [7, 11) is 1.47. The van der Waals surface area contributed by atoms with Gasteiger partial charge in [0.1, 0.15) is 17.5 Å². The van der Waals surface area contributed by atoms with Crippen molar-refractivity contribution in [1.29, 1.82) is 5.26 Å². The van der Waals surface area contributed by atoms with Gasteiger partial charge in [-0.15, -0.1) is 0 Å². The molecule has 2 aromatic carbocycles. The molecule has 130 valence electrons. The van der Waals surface area contributed by atoms with E-state index in [0.717, 1.165) is 11.1 Å². The molecule has 0 aliphatic rings. The topological polar surface area (TPSA) is 92.2 Å². The maximum atomic E-state index is 9.85. The molecule has 0 bridgehead atoms. The minimum absolute atomic E-state index is 0.0207. The molecule has 0 aliphatic carbocycles. The summed E-state index contributed by atoms with van der Waals surface area (Å²) in [6.45, 7) is 1.88. The van der Waals surface area contributed by atoms with Crippen molar-refractivity contribution in [3.8, 4) is 40.0 Å². The lowest BCUT2D eigenvalue weighted by Gasteiger charge is -2.16. The number of methoxy groups -OCH3 is 1. The van der Waals surface area contributed by atoms with Crippen LogP contribution >= 0.6 is 11.6 Å². The molecule has 0 atom stereocenters. The quantitative estimate of drug-likeness (QED) is 0.710. The highest BCUT2D eigenvalue weighted by Crippen LogP contribution is 2.39. The zero-order chi connectivity index (χ0) is 18.8. The summed E-state index contributed by atoms with van der Waals surface area (Å²) in [6.07, 6.45) is 0. The van der Waals surface area contributed by atoms with Crippen LogP contribution in [0.3, 0.4) is 0 Å². The zero-order valence-electron chi connectivity index (χ0n) is 14.2. The van der Waals surface area contributed by atoms with E-state index in [0.29, 0.717) is 27.6 Å². The van der Waals surface area contributed by atoms with Crippen LogP contribution < -0.4 is 10.5 Å². The molecular weight excluding hydrogens is 350 g/mol. The number of pyridine rings is 1. The summed E-state index contributed by atoms with van der Waals surface area (Å²) in [5, 5.41) is 20.1. The van der Waals surface area contributed by atoms with Crippen LogP contribution in [0.5, 0.6) is 11.5 Å². The lowest BCUT2D eigenvalue weighted by Crippen LogP contribution is -2.03. The Morgan fingerprint density at radius 2 is 1.81 bits per heavy atom. The molecule has 5 nitrogen and oxygen atoms in total. The minimum Gasteiger partial charge on any atom is -0.504 e. The summed E-state index contributed by atoms with van der Waals surface area (Å²) in [5.74, 6) is 0.478. The molecule has 26 heavy (non-hydrogen) atoms. The van der Waals surface area contributed by atoms with Crippen molar-refractivity contribution >= 4 is 17.4 Å². The average molecular weight is 366 g/mol. The Morgan fingerprint density at radius 1 is 1.15 bits per heavy atom. The van der Waals surface area contributed by atoms with Gasteiger partial charge in [-0.2, -0.15) is 5.26 Å². The van der Waals surface area contributed by atoms with Crippen LogP contribution in [0.15, 0.2) is 42.5 Å². The normalized spacial score (nSPS) is 10.4. The summed E-state index contributed by atoms with van der Waals surface area (Å²) < 4.78 is 5.18. The van der Waals surface area contributed by atoms with Crippen molar-refractivity contribution in [3.05, 3.63) is 58.6 Å². The number of hydrogen-bond donors (Lipinski definition) is 2. The van der Waals surface area contributed by atoms with Gasteiger partial charge < -0.3 is 15.6 Å². The van der Waals surface area contributed by atoms with Gasteiger partial charge >= 0.3 is 0 Å². The number of halogens is 1. The van der Waals surface area contributed by atoms with Gasteiger partial charge in [0.05, 0.1) is 12.8 Å². The number of aromatic hydroxyl groups is 1. The minimum atomic E-state index is 0.0207. The highest BCUT2D eigenvalue weighted by atomic mass is 35.5. The van der Waals surface area contributed by atoms with E-state index in [-0.39, 0.29) is 17.1 Å².